The van der Waals surface area contributed by atoms with Crippen LogP contribution in [0.2, 0.25) is 0 Å². The lowest BCUT2D eigenvalue weighted by molar-refractivity contribution is 0.128. The molecule has 112 valence electrons. The highest BCUT2D eigenvalue weighted by Crippen LogP contribution is 2.22. The van der Waals surface area contributed by atoms with Crippen molar-refractivity contribution in [2.45, 2.75) is 45.7 Å². The summed E-state index contributed by atoms with van der Waals surface area (Å²) >= 11 is 0. The van der Waals surface area contributed by atoms with Crippen LogP contribution in [0.25, 0.3) is 0 Å². The van der Waals surface area contributed by atoms with Crippen molar-refractivity contribution in [1.82, 2.24) is 10.2 Å². The molecule has 20 heavy (non-hydrogen) atoms. The molecule has 1 aliphatic heterocycles. The van der Waals surface area contributed by atoms with Crippen molar-refractivity contribution in [1.29, 1.82) is 0 Å². The molecule has 1 N–H and O–H groups in total. The smallest absolute Gasteiger partial charge is 0.127 e. The van der Waals surface area contributed by atoms with Crippen molar-refractivity contribution in [3.05, 3.63) is 35.6 Å². The molecule has 0 radical (unpaired) electrons. The molecule has 1 aromatic rings. The molecular formula is C17H27FN2. The van der Waals surface area contributed by atoms with Crippen LogP contribution in [-0.4, -0.2) is 30.6 Å². The van der Waals surface area contributed by atoms with Gasteiger partial charge in [0, 0.05) is 24.7 Å². The first-order valence-corrected chi connectivity index (χ1v) is 7.93. The minimum Gasteiger partial charge on any atom is -0.314 e. The van der Waals surface area contributed by atoms with E-state index < -0.39 is 0 Å². The Hall–Kier alpha value is -0.930. The number of nitrogens with zero attached hydrogens (tertiary/aromatic N) is 1. The van der Waals surface area contributed by atoms with Crippen LogP contribution in [-0.2, 0) is 6.54 Å². The fourth-order valence-corrected chi connectivity index (χ4v) is 3.13. The third-order valence-electron chi connectivity index (χ3n) is 4.35. The van der Waals surface area contributed by atoms with Crippen LogP contribution in [0.4, 0.5) is 4.39 Å². The molecule has 1 aliphatic rings. The van der Waals surface area contributed by atoms with Crippen LogP contribution in [0.3, 0.4) is 0 Å². The first kappa shape index (κ1) is 15.5. The molecule has 0 spiro atoms. The number of nitrogens with one attached hydrogen (secondary N) is 1. The van der Waals surface area contributed by atoms with Gasteiger partial charge in [-0.25, -0.2) is 4.39 Å². The minimum atomic E-state index is -0.0771. The van der Waals surface area contributed by atoms with Gasteiger partial charge in [0.15, 0.2) is 0 Å². The molecule has 3 heteroatoms. The zero-order valence-corrected chi connectivity index (χ0v) is 12.7. The molecule has 1 saturated heterocycles. The highest BCUT2D eigenvalue weighted by atomic mass is 19.1. The maximum Gasteiger partial charge on any atom is 0.127 e. The molecule has 0 aromatic heterocycles. The summed E-state index contributed by atoms with van der Waals surface area (Å²) in [5.41, 5.74) is 0.822. The van der Waals surface area contributed by atoms with E-state index in [0.29, 0.717) is 12.0 Å². The fraction of sp³-hybridized carbons (Fsp3) is 0.647. The van der Waals surface area contributed by atoms with Crippen molar-refractivity contribution in [2.24, 2.45) is 5.92 Å². The third-order valence-corrected chi connectivity index (χ3v) is 4.35. The molecule has 2 nitrogen and oxygen atoms in total. The Morgan fingerprint density at radius 3 is 2.80 bits per heavy atom. The number of benzene rings is 1. The quantitative estimate of drug-likeness (QED) is 0.857. The minimum absolute atomic E-state index is 0.0771. The molecule has 1 aromatic carbocycles. The molecule has 2 unspecified atom stereocenters. The number of halogens is 1. The highest BCUT2D eigenvalue weighted by molar-refractivity contribution is 5.17. The number of hydrogen-bond acceptors (Lipinski definition) is 2. The Balaban J connectivity index is 1.91. The van der Waals surface area contributed by atoms with E-state index >= 15 is 0 Å². The highest BCUT2D eigenvalue weighted by Gasteiger charge is 2.27. The van der Waals surface area contributed by atoms with Gasteiger partial charge in [-0.05, 0) is 37.9 Å². The van der Waals surface area contributed by atoms with Gasteiger partial charge in [-0.15, -0.1) is 0 Å². The summed E-state index contributed by atoms with van der Waals surface area (Å²) in [6.45, 7) is 8.45. The molecule has 0 amide bonds. The van der Waals surface area contributed by atoms with Crippen LogP contribution in [0, 0.1) is 11.7 Å². The van der Waals surface area contributed by atoms with E-state index in [9.17, 15) is 4.39 Å². The molecule has 1 heterocycles. The van der Waals surface area contributed by atoms with Crippen molar-refractivity contribution in [2.75, 3.05) is 19.6 Å². The molecule has 2 rings (SSSR count). The van der Waals surface area contributed by atoms with E-state index in [2.05, 4.69) is 24.1 Å². The Kier molecular flexibility index (Phi) is 5.99. The predicted molar refractivity (Wildman–Crippen MR) is 82.2 cm³/mol. The van der Waals surface area contributed by atoms with Gasteiger partial charge in [-0.2, -0.15) is 0 Å². The van der Waals surface area contributed by atoms with Crippen molar-refractivity contribution < 1.29 is 4.39 Å². The predicted octanol–water partition coefficient (Wildman–Crippen LogP) is 3.43. The van der Waals surface area contributed by atoms with E-state index in [1.165, 1.54) is 19.3 Å². The van der Waals surface area contributed by atoms with Gasteiger partial charge in [0.25, 0.3) is 0 Å². The zero-order valence-electron chi connectivity index (χ0n) is 12.7. The van der Waals surface area contributed by atoms with E-state index in [1.54, 1.807) is 12.1 Å². The second kappa shape index (κ2) is 7.75. The largest absolute Gasteiger partial charge is 0.314 e. The van der Waals surface area contributed by atoms with Gasteiger partial charge in [0.2, 0.25) is 0 Å². The summed E-state index contributed by atoms with van der Waals surface area (Å²) in [5.74, 6) is 0.605. The second-order valence-corrected chi connectivity index (χ2v) is 5.84. The summed E-state index contributed by atoms with van der Waals surface area (Å²) in [4.78, 5) is 2.40. The van der Waals surface area contributed by atoms with Crippen molar-refractivity contribution in [3.8, 4) is 0 Å². The van der Waals surface area contributed by atoms with E-state index in [4.69, 9.17) is 0 Å². The third kappa shape index (κ3) is 4.03. The zero-order chi connectivity index (χ0) is 14.4. The molecule has 0 bridgehead atoms. The molecule has 0 aliphatic carbocycles. The summed E-state index contributed by atoms with van der Waals surface area (Å²) in [6.07, 6.45) is 3.55. The molecule has 1 fully saturated rings. The normalized spacial score (nSPS) is 23.9. The summed E-state index contributed by atoms with van der Waals surface area (Å²) in [5, 5.41) is 3.67. The van der Waals surface area contributed by atoms with Crippen LogP contribution in [0.5, 0.6) is 0 Å². The first-order chi connectivity index (χ1) is 9.74. The Morgan fingerprint density at radius 2 is 2.10 bits per heavy atom. The lowest BCUT2D eigenvalue weighted by atomic mass is 9.89. The Bertz CT molecular complexity index is 408. The van der Waals surface area contributed by atoms with Gasteiger partial charge < -0.3 is 5.32 Å². The van der Waals surface area contributed by atoms with Gasteiger partial charge in [0.05, 0.1) is 0 Å². The lowest BCUT2D eigenvalue weighted by Crippen LogP contribution is -2.49. The lowest BCUT2D eigenvalue weighted by Gasteiger charge is -2.39. The molecular weight excluding hydrogens is 251 g/mol. The van der Waals surface area contributed by atoms with Crippen molar-refractivity contribution >= 4 is 0 Å². The van der Waals surface area contributed by atoms with Gasteiger partial charge in [0.1, 0.15) is 5.82 Å². The molecule has 2 atom stereocenters. The van der Waals surface area contributed by atoms with Crippen LogP contribution in [0.15, 0.2) is 24.3 Å². The van der Waals surface area contributed by atoms with E-state index in [1.807, 2.05) is 12.1 Å². The SMILES string of the molecule is CCCNC1CCN(Cc2ccccc2F)CC1CC. The Morgan fingerprint density at radius 1 is 1.30 bits per heavy atom. The Labute approximate surface area is 122 Å². The number of hydrogen-bond donors (Lipinski definition) is 1. The topological polar surface area (TPSA) is 15.3 Å². The van der Waals surface area contributed by atoms with E-state index in [-0.39, 0.29) is 5.82 Å². The number of rotatable bonds is 6. The first-order valence-electron chi connectivity index (χ1n) is 7.93. The molecule has 0 saturated carbocycles. The summed E-state index contributed by atoms with van der Waals surface area (Å²) < 4.78 is 13.7. The van der Waals surface area contributed by atoms with E-state index in [0.717, 1.165) is 31.7 Å². The van der Waals surface area contributed by atoms with Crippen molar-refractivity contribution in [3.63, 3.8) is 0 Å². The second-order valence-electron chi connectivity index (χ2n) is 5.84. The van der Waals surface area contributed by atoms with Gasteiger partial charge >= 0.3 is 0 Å². The standard InChI is InChI=1S/C17H27FN2/c1-3-10-19-17-9-11-20(12-14(17)4-2)13-15-7-5-6-8-16(15)18/h5-8,14,17,19H,3-4,9-13H2,1-2H3. The summed E-state index contributed by atoms with van der Waals surface area (Å²) in [7, 11) is 0. The number of piperidine rings is 1. The maximum absolute atomic E-state index is 13.7. The maximum atomic E-state index is 13.7. The van der Waals surface area contributed by atoms with Crippen LogP contribution < -0.4 is 5.32 Å². The fourth-order valence-electron chi connectivity index (χ4n) is 3.13. The average molecular weight is 278 g/mol. The van der Waals surface area contributed by atoms with Gasteiger partial charge in [-0.1, -0.05) is 38.5 Å². The number of likely N-dealkylation sites (tertiary alicyclic amines) is 1. The average Bonchev–Trinajstić information content (AvgIpc) is 2.48. The van der Waals surface area contributed by atoms with Crippen LogP contribution in [0.1, 0.15) is 38.7 Å². The monoisotopic (exact) mass is 278 g/mol. The van der Waals surface area contributed by atoms with Crippen LogP contribution >= 0.6 is 0 Å². The van der Waals surface area contributed by atoms with Gasteiger partial charge in [-0.3, -0.25) is 4.90 Å². The summed E-state index contributed by atoms with van der Waals surface area (Å²) in [6, 6.07) is 7.77.